The normalized spacial score (nSPS) is 11.0. The van der Waals surface area contributed by atoms with Gasteiger partial charge in [-0.15, -0.1) is 0 Å². The first kappa shape index (κ1) is 66.2. The van der Waals surface area contributed by atoms with E-state index < -0.39 is 40.9 Å². The molecule has 0 unspecified atom stereocenters. The second kappa shape index (κ2) is 33.0. The average Bonchev–Trinajstić information content (AvgIpc) is 1.49. The summed E-state index contributed by atoms with van der Waals surface area (Å²) in [4.78, 5) is 120. The highest BCUT2D eigenvalue weighted by Gasteiger charge is 2.31. The molecule has 9 aromatic rings. The summed E-state index contributed by atoms with van der Waals surface area (Å²) < 4.78 is 39.7. The summed E-state index contributed by atoms with van der Waals surface area (Å²) in [5, 5.41) is 0. The third-order valence-corrected chi connectivity index (χ3v) is 16.1. The molecule has 9 rings (SSSR count). The van der Waals surface area contributed by atoms with Crippen molar-refractivity contribution in [2.75, 3.05) is 52.9 Å². The standard InChI is InChI=1S/C74H60O16S2/c1-2-74(89-47-46-88-73(83)68(78)56-20-32-60(33-21-56)90-59-30-18-53(19-31-59)65(75)50-12-6-3-7-13-50,48-84-42-44-86-71(81)69(79)57-26-38-63(39-27-57)91-61-34-22-54(23-35-61)66(76)51-14-8-4-9-15-51)49-85-43-45-87-72(82)70(80)58-28-40-64(41-29-58)92-62-36-24-55(25-37-62)67(77)52-16-10-5-11-17-52/h3-41H,2,42-49H2,1H3. The van der Waals surface area contributed by atoms with Crippen LogP contribution in [0.2, 0.25) is 0 Å². The van der Waals surface area contributed by atoms with Crippen LogP contribution in [-0.4, -0.2) is 111 Å². The summed E-state index contributed by atoms with van der Waals surface area (Å²) in [5.74, 6) is -5.49. The molecule has 0 aliphatic carbocycles. The number of rotatable bonds is 33. The highest BCUT2D eigenvalue weighted by Crippen LogP contribution is 2.31. The molecule has 0 aliphatic heterocycles. The molecule has 0 aromatic heterocycles. The van der Waals surface area contributed by atoms with E-state index in [4.69, 9.17) is 33.2 Å². The Kier molecular flexibility index (Phi) is 23.8. The van der Waals surface area contributed by atoms with Gasteiger partial charge in [-0.25, -0.2) is 14.4 Å². The van der Waals surface area contributed by atoms with Crippen LogP contribution < -0.4 is 4.74 Å². The smallest absolute Gasteiger partial charge is 0.379 e. The molecule has 0 bridgehead atoms. The van der Waals surface area contributed by atoms with Gasteiger partial charge in [-0.1, -0.05) is 121 Å². The Bertz CT molecular complexity index is 3840. The van der Waals surface area contributed by atoms with Crippen LogP contribution in [0.1, 0.15) is 92.2 Å². The second-order valence-corrected chi connectivity index (χ2v) is 22.7. The van der Waals surface area contributed by atoms with E-state index in [0.29, 0.717) is 44.9 Å². The van der Waals surface area contributed by atoms with Crippen molar-refractivity contribution in [1.29, 1.82) is 0 Å². The van der Waals surface area contributed by atoms with Crippen LogP contribution in [0.25, 0.3) is 0 Å². The first-order valence-electron chi connectivity index (χ1n) is 29.1. The second-order valence-electron chi connectivity index (χ2n) is 20.4. The van der Waals surface area contributed by atoms with E-state index in [1.165, 1.54) is 72.1 Å². The van der Waals surface area contributed by atoms with Gasteiger partial charge in [-0.05, 0) is 152 Å². The van der Waals surface area contributed by atoms with E-state index in [9.17, 15) is 43.2 Å². The number of hydrogen-bond donors (Lipinski definition) is 0. The number of hydrogen-bond acceptors (Lipinski definition) is 18. The zero-order valence-corrected chi connectivity index (χ0v) is 51.4. The number of ketones is 6. The molecule has 0 fully saturated rings. The predicted octanol–water partition coefficient (Wildman–Crippen LogP) is 13.3. The highest BCUT2D eigenvalue weighted by molar-refractivity contribution is 7.99. The highest BCUT2D eigenvalue weighted by atomic mass is 32.2. The number of benzene rings is 9. The lowest BCUT2D eigenvalue weighted by Gasteiger charge is -2.32. The van der Waals surface area contributed by atoms with E-state index in [0.717, 1.165) is 19.6 Å². The van der Waals surface area contributed by atoms with Crippen molar-refractivity contribution < 1.29 is 76.3 Å². The number of Topliss-reactive ketones (excluding diaryl/α,β-unsaturated/α-hetero) is 3. The largest absolute Gasteiger partial charge is 0.457 e. The van der Waals surface area contributed by atoms with Crippen LogP contribution >= 0.6 is 23.5 Å². The fourth-order valence-corrected chi connectivity index (χ4v) is 10.6. The molecule has 0 saturated heterocycles. The van der Waals surface area contributed by atoms with Gasteiger partial charge in [0.25, 0.3) is 17.3 Å². The van der Waals surface area contributed by atoms with Gasteiger partial charge < -0.3 is 33.2 Å². The minimum absolute atomic E-state index is 0.0396. The number of esters is 3. The third-order valence-electron chi connectivity index (χ3n) is 14.1. The van der Waals surface area contributed by atoms with Crippen molar-refractivity contribution in [2.24, 2.45) is 0 Å². The summed E-state index contributed by atoms with van der Waals surface area (Å²) in [6.07, 6.45) is 0.252. The first-order chi connectivity index (χ1) is 44.7. The zero-order valence-electron chi connectivity index (χ0n) is 49.7. The number of carbonyl (C=O) groups excluding carboxylic acids is 9. The molecule has 0 amide bonds. The van der Waals surface area contributed by atoms with Crippen molar-refractivity contribution in [1.82, 2.24) is 0 Å². The molecule has 16 nitrogen and oxygen atoms in total. The van der Waals surface area contributed by atoms with Gasteiger partial charge in [0.15, 0.2) is 17.3 Å². The van der Waals surface area contributed by atoms with E-state index in [-0.39, 0.29) is 93.3 Å². The number of ether oxygens (including phenoxy) is 7. The Balaban J connectivity index is 0.737. The summed E-state index contributed by atoms with van der Waals surface area (Å²) in [6.45, 7) is -0.0967. The Morgan fingerprint density at radius 1 is 0.304 bits per heavy atom. The maximum atomic E-state index is 13.1. The monoisotopic (exact) mass is 1270 g/mol. The summed E-state index contributed by atoms with van der Waals surface area (Å²) >= 11 is 2.83. The van der Waals surface area contributed by atoms with Crippen LogP contribution in [-0.2, 0) is 42.8 Å². The summed E-state index contributed by atoms with van der Waals surface area (Å²) in [5.41, 5.74) is 2.35. The zero-order chi connectivity index (χ0) is 64.7. The molecular formula is C74H60O16S2. The molecule has 18 heteroatoms. The Morgan fingerprint density at radius 2 is 0.565 bits per heavy atom. The predicted molar refractivity (Wildman–Crippen MR) is 343 cm³/mol. The summed E-state index contributed by atoms with van der Waals surface area (Å²) in [6, 6.07) is 66.5. The molecule has 0 aliphatic rings. The molecule has 0 radical (unpaired) electrons. The Labute approximate surface area is 539 Å². The van der Waals surface area contributed by atoms with Crippen molar-refractivity contribution in [3.05, 3.63) is 287 Å². The Morgan fingerprint density at radius 3 is 0.870 bits per heavy atom. The van der Waals surface area contributed by atoms with Crippen molar-refractivity contribution in [3.63, 3.8) is 0 Å². The topological polar surface area (TPSA) is 218 Å². The SMILES string of the molecule is CCC(COCCOC(=O)C(=O)c1ccc(Sc2ccc(C(=O)c3ccccc3)cc2)cc1)(COCCOC(=O)C(=O)c1ccc(Sc2ccc(C(=O)c3ccccc3)cc2)cc1)OCCOC(=O)C(=O)c1ccc(Oc2ccc(C(=O)c3ccccc3)cc2)cc1. The lowest BCUT2D eigenvalue weighted by atomic mass is 10.0. The van der Waals surface area contributed by atoms with E-state index in [1.807, 2.05) is 66.7 Å². The van der Waals surface area contributed by atoms with E-state index in [1.54, 1.807) is 128 Å². The fraction of sp³-hybridized carbons (Fsp3) is 0.149. The van der Waals surface area contributed by atoms with Crippen LogP contribution in [0.4, 0.5) is 0 Å². The van der Waals surface area contributed by atoms with Crippen LogP contribution in [0.3, 0.4) is 0 Å². The molecule has 0 heterocycles. The lowest BCUT2D eigenvalue weighted by Crippen LogP contribution is -2.44. The maximum Gasteiger partial charge on any atom is 0.379 e. The Hall–Kier alpha value is -10.2. The number of carbonyl (C=O) groups is 9. The van der Waals surface area contributed by atoms with Gasteiger partial charge in [0.2, 0.25) is 0 Å². The van der Waals surface area contributed by atoms with Gasteiger partial charge in [-0.2, -0.15) is 0 Å². The average molecular weight is 1270 g/mol. The molecular weight excluding hydrogens is 1210 g/mol. The van der Waals surface area contributed by atoms with Crippen LogP contribution in [0.15, 0.2) is 256 Å². The quantitative estimate of drug-likeness (QED) is 0.0123. The van der Waals surface area contributed by atoms with Gasteiger partial charge in [0, 0.05) is 69.7 Å². The van der Waals surface area contributed by atoms with Crippen molar-refractivity contribution >= 4 is 76.1 Å². The van der Waals surface area contributed by atoms with Gasteiger partial charge in [-0.3, -0.25) is 28.8 Å². The molecule has 92 heavy (non-hydrogen) atoms. The van der Waals surface area contributed by atoms with Crippen LogP contribution in [0.5, 0.6) is 11.5 Å². The molecule has 0 spiro atoms. The molecule has 0 N–H and O–H groups in total. The third kappa shape index (κ3) is 18.7. The first-order valence-corrected chi connectivity index (χ1v) is 30.7. The maximum absolute atomic E-state index is 13.1. The van der Waals surface area contributed by atoms with Crippen molar-refractivity contribution in [3.8, 4) is 11.5 Å². The lowest BCUT2D eigenvalue weighted by molar-refractivity contribution is -0.161. The van der Waals surface area contributed by atoms with E-state index >= 15 is 0 Å². The van der Waals surface area contributed by atoms with Gasteiger partial charge in [0.05, 0.1) is 33.0 Å². The van der Waals surface area contributed by atoms with Crippen molar-refractivity contribution in [2.45, 2.75) is 38.5 Å². The minimum Gasteiger partial charge on any atom is -0.457 e. The molecule has 464 valence electrons. The fourth-order valence-electron chi connectivity index (χ4n) is 9.00. The molecule has 9 aromatic carbocycles. The molecule has 0 saturated carbocycles. The van der Waals surface area contributed by atoms with Crippen LogP contribution in [0, 0.1) is 0 Å². The van der Waals surface area contributed by atoms with E-state index in [2.05, 4.69) is 0 Å². The minimum atomic E-state index is -1.24. The van der Waals surface area contributed by atoms with Gasteiger partial charge in [0.1, 0.15) is 36.9 Å². The molecule has 0 atom stereocenters. The summed E-state index contributed by atoms with van der Waals surface area (Å²) in [7, 11) is 0. The van der Waals surface area contributed by atoms with Gasteiger partial charge >= 0.3 is 17.9 Å².